The van der Waals surface area contributed by atoms with E-state index in [1.165, 1.54) is 52.7 Å². The minimum Gasteiger partial charge on any atom is -0.490 e. The van der Waals surface area contributed by atoms with E-state index in [1.54, 1.807) is 13.0 Å². The summed E-state index contributed by atoms with van der Waals surface area (Å²) in [4.78, 5) is 15.7. The molecule has 240 valence electrons. The van der Waals surface area contributed by atoms with Crippen LogP contribution in [0.1, 0.15) is 50.4 Å². The van der Waals surface area contributed by atoms with Crippen molar-refractivity contribution in [1.82, 2.24) is 9.21 Å². The summed E-state index contributed by atoms with van der Waals surface area (Å²) in [5.41, 5.74) is 0.344. The Hall–Kier alpha value is -2.42. The molecule has 0 unspecified atom stereocenters. The molecule has 3 rings (SSSR count). The number of hydrogen-bond acceptors (Lipinski definition) is 8. The number of hydrogen-bond donors (Lipinski definition) is 2. The van der Waals surface area contributed by atoms with E-state index in [-0.39, 0.29) is 47.9 Å². The molecule has 2 aromatic carbocycles. The van der Waals surface area contributed by atoms with E-state index >= 15 is 0 Å². The molecule has 2 N–H and O–H groups in total. The van der Waals surface area contributed by atoms with Crippen LogP contribution in [0.3, 0.4) is 0 Å². The quantitative estimate of drug-likeness (QED) is 0.436. The standard InChI is InChI=1S/C29H42ClN3O8S2/c1-20-17-33(21(2)19-34)29(35)26-16-24(31-42(5,36)37)11-14-27(26)41-22(3)8-6-7-15-40-28(20)18-32(4)43(38,39)25-12-9-23(30)10-13-25/h9-14,16,20-22,28,31,34H,6-8,15,17-19H2,1-5H3/t20-,21-,22-,28-/m1/s1. The van der Waals surface area contributed by atoms with Crippen molar-refractivity contribution < 1.29 is 36.2 Å². The first-order chi connectivity index (χ1) is 20.1. The van der Waals surface area contributed by atoms with Crippen LogP contribution in [-0.2, 0) is 24.8 Å². The molecule has 0 aromatic heterocycles. The zero-order valence-electron chi connectivity index (χ0n) is 25.2. The molecule has 0 saturated heterocycles. The fourth-order valence-electron chi connectivity index (χ4n) is 4.80. The molecule has 43 heavy (non-hydrogen) atoms. The van der Waals surface area contributed by atoms with Gasteiger partial charge < -0.3 is 19.5 Å². The minimum atomic E-state index is -3.85. The third-order valence-electron chi connectivity index (χ3n) is 7.31. The maximum atomic E-state index is 14.1. The summed E-state index contributed by atoms with van der Waals surface area (Å²) < 4.78 is 66.5. The third kappa shape index (κ3) is 9.79. The van der Waals surface area contributed by atoms with Gasteiger partial charge in [-0.2, -0.15) is 4.31 Å². The largest absolute Gasteiger partial charge is 0.490 e. The number of likely N-dealkylation sites (N-methyl/N-ethyl adjacent to an activating group) is 1. The number of amides is 1. The topological polar surface area (TPSA) is 143 Å². The lowest BCUT2D eigenvalue weighted by Crippen LogP contribution is -2.48. The molecule has 0 fully saturated rings. The van der Waals surface area contributed by atoms with Crippen molar-refractivity contribution in [3.05, 3.63) is 53.1 Å². The summed E-state index contributed by atoms with van der Waals surface area (Å²) in [5, 5.41) is 10.5. The van der Waals surface area contributed by atoms with Crippen molar-refractivity contribution in [2.24, 2.45) is 5.92 Å². The molecule has 0 bridgehead atoms. The van der Waals surface area contributed by atoms with E-state index in [1.807, 2.05) is 13.8 Å². The zero-order valence-corrected chi connectivity index (χ0v) is 27.6. The van der Waals surface area contributed by atoms with Crippen molar-refractivity contribution >= 4 is 43.2 Å². The predicted octanol–water partition coefficient (Wildman–Crippen LogP) is 3.83. The maximum Gasteiger partial charge on any atom is 0.258 e. The average molecular weight is 660 g/mol. The van der Waals surface area contributed by atoms with Crippen LogP contribution in [-0.4, -0.2) is 94.9 Å². The molecule has 0 saturated carbocycles. The van der Waals surface area contributed by atoms with Gasteiger partial charge in [-0.05, 0) is 75.6 Å². The Bertz CT molecular complexity index is 1450. The van der Waals surface area contributed by atoms with Gasteiger partial charge in [0, 0.05) is 43.4 Å². The van der Waals surface area contributed by atoms with Gasteiger partial charge in [-0.1, -0.05) is 18.5 Å². The molecule has 0 radical (unpaired) electrons. The smallest absolute Gasteiger partial charge is 0.258 e. The highest BCUT2D eigenvalue weighted by molar-refractivity contribution is 7.92. The molecule has 2 aromatic rings. The van der Waals surface area contributed by atoms with E-state index in [9.17, 15) is 26.7 Å². The number of fused-ring (bicyclic) bond motifs is 1. The van der Waals surface area contributed by atoms with Gasteiger partial charge in [-0.3, -0.25) is 9.52 Å². The Kier molecular flexibility index (Phi) is 12.3. The number of aliphatic hydroxyl groups excluding tert-OH is 1. The molecular formula is C29H42ClN3O8S2. The molecule has 1 heterocycles. The number of carbonyl (C=O) groups excluding carboxylic acids is 1. The summed E-state index contributed by atoms with van der Waals surface area (Å²) in [6.45, 7) is 5.66. The van der Waals surface area contributed by atoms with Crippen molar-refractivity contribution in [3.8, 4) is 5.75 Å². The Morgan fingerprint density at radius 3 is 2.42 bits per heavy atom. The summed E-state index contributed by atoms with van der Waals surface area (Å²) >= 11 is 5.95. The van der Waals surface area contributed by atoms with Gasteiger partial charge in [0.1, 0.15) is 5.75 Å². The van der Waals surface area contributed by atoms with E-state index in [0.29, 0.717) is 30.2 Å². The number of benzene rings is 2. The van der Waals surface area contributed by atoms with Crippen LogP contribution in [0.25, 0.3) is 0 Å². The summed E-state index contributed by atoms with van der Waals surface area (Å²) in [6.07, 6.45) is 2.34. The number of rotatable bonds is 8. The van der Waals surface area contributed by atoms with Crippen LogP contribution in [0.15, 0.2) is 47.4 Å². The zero-order chi connectivity index (χ0) is 31.9. The lowest BCUT2D eigenvalue weighted by atomic mass is 10.0. The Balaban J connectivity index is 1.98. The second kappa shape index (κ2) is 15.0. The molecule has 0 spiro atoms. The molecule has 4 atom stereocenters. The van der Waals surface area contributed by atoms with Gasteiger partial charge in [0.05, 0.1) is 41.6 Å². The summed E-state index contributed by atoms with van der Waals surface area (Å²) in [6, 6.07) is 9.84. The summed E-state index contributed by atoms with van der Waals surface area (Å²) in [7, 11) is -5.98. The summed E-state index contributed by atoms with van der Waals surface area (Å²) in [5.74, 6) is -0.520. The highest BCUT2D eigenvalue weighted by atomic mass is 35.5. The SMILES string of the molecule is C[C@@H]1CCCCO[C@H](CN(C)S(=O)(=O)c2ccc(Cl)cc2)[C@H](C)CN([C@H](C)CO)C(=O)c2cc(NS(C)(=O)=O)ccc2O1. The monoisotopic (exact) mass is 659 g/mol. The number of ether oxygens (including phenoxy) is 2. The van der Waals surface area contributed by atoms with E-state index in [0.717, 1.165) is 12.7 Å². The number of nitrogens with zero attached hydrogens (tertiary/aromatic N) is 2. The van der Waals surface area contributed by atoms with Gasteiger partial charge >= 0.3 is 0 Å². The molecule has 14 heteroatoms. The second-order valence-electron chi connectivity index (χ2n) is 11.1. The van der Waals surface area contributed by atoms with Gasteiger partial charge in [0.2, 0.25) is 20.0 Å². The average Bonchev–Trinajstić information content (AvgIpc) is 2.93. The highest BCUT2D eigenvalue weighted by Crippen LogP contribution is 2.29. The van der Waals surface area contributed by atoms with Gasteiger partial charge in [-0.25, -0.2) is 16.8 Å². The highest BCUT2D eigenvalue weighted by Gasteiger charge is 2.32. The molecule has 1 amide bonds. The van der Waals surface area contributed by atoms with Crippen molar-refractivity contribution in [3.63, 3.8) is 0 Å². The Labute approximate surface area is 260 Å². The molecule has 1 aliphatic heterocycles. The molecule has 0 aliphatic carbocycles. The predicted molar refractivity (Wildman–Crippen MR) is 167 cm³/mol. The van der Waals surface area contributed by atoms with Crippen LogP contribution >= 0.6 is 11.6 Å². The fraction of sp³-hybridized carbons (Fsp3) is 0.552. The van der Waals surface area contributed by atoms with Crippen LogP contribution < -0.4 is 9.46 Å². The van der Waals surface area contributed by atoms with Crippen LogP contribution in [0.4, 0.5) is 5.69 Å². The van der Waals surface area contributed by atoms with Crippen LogP contribution in [0.5, 0.6) is 5.75 Å². The normalized spacial score (nSPS) is 21.9. The minimum absolute atomic E-state index is 0.0280. The van der Waals surface area contributed by atoms with Gasteiger partial charge in [0.15, 0.2) is 0 Å². The van der Waals surface area contributed by atoms with Crippen LogP contribution in [0, 0.1) is 5.92 Å². The first-order valence-corrected chi connectivity index (χ1v) is 17.9. The molecule has 11 nitrogen and oxygen atoms in total. The van der Waals surface area contributed by atoms with Crippen molar-refractivity contribution in [2.75, 3.05) is 44.3 Å². The number of nitrogens with one attached hydrogen (secondary N) is 1. The number of anilines is 1. The van der Waals surface area contributed by atoms with Gasteiger partial charge in [-0.15, -0.1) is 0 Å². The number of halogens is 1. The lowest BCUT2D eigenvalue weighted by molar-refractivity contribution is -0.00833. The fourth-order valence-corrected chi connectivity index (χ4v) is 6.66. The first-order valence-electron chi connectivity index (χ1n) is 14.2. The van der Waals surface area contributed by atoms with E-state index in [4.69, 9.17) is 21.1 Å². The molecular weight excluding hydrogens is 618 g/mol. The van der Waals surface area contributed by atoms with E-state index < -0.39 is 38.1 Å². The number of aliphatic hydroxyl groups is 1. The lowest BCUT2D eigenvalue weighted by Gasteiger charge is -2.35. The second-order valence-corrected chi connectivity index (χ2v) is 15.4. The van der Waals surface area contributed by atoms with E-state index in [2.05, 4.69) is 4.72 Å². The maximum absolute atomic E-state index is 14.1. The van der Waals surface area contributed by atoms with Crippen molar-refractivity contribution in [1.29, 1.82) is 0 Å². The first kappa shape index (κ1) is 35.1. The van der Waals surface area contributed by atoms with Crippen molar-refractivity contribution in [2.45, 2.75) is 63.2 Å². The van der Waals surface area contributed by atoms with Gasteiger partial charge in [0.25, 0.3) is 5.91 Å². The number of sulfonamides is 2. The molecule has 1 aliphatic rings. The van der Waals surface area contributed by atoms with Crippen LogP contribution in [0.2, 0.25) is 5.02 Å². The Morgan fingerprint density at radius 1 is 1.12 bits per heavy atom. The Morgan fingerprint density at radius 2 is 1.79 bits per heavy atom. The number of carbonyl (C=O) groups is 1. The third-order valence-corrected chi connectivity index (χ3v) is 10.0.